The van der Waals surface area contributed by atoms with Crippen molar-refractivity contribution >= 4 is 29.6 Å². The maximum absolute atomic E-state index is 9.98. The molecule has 1 aromatic rings. The topological polar surface area (TPSA) is 29.1 Å². The third kappa shape index (κ3) is 2.90. The number of carbonyl (C=O) groups excluding carboxylic acids is 1. The van der Waals surface area contributed by atoms with E-state index < -0.39 is 0 Å². The summed E-state index contributed by atoms with van der Waals surface area (Å²) in [6.45, 7) is 0.573. The second-order valence-corrected chi connectivity index (χ2v) is 3.32. The van der Waals surface area contributed by atoms with Crippen LogP contribution in [0.1, 0.15) is 5.56 Å². The number of amides is 1. The zero-order valence-corrected chi connectivity index (χ0v) is 8.40. The Bertz CT molecular complexity index is 302. The van der Waals surface area contributed by atoms with Crippen molar-refractivity contribution in [2.45, 2.75) is 6.42 Å². The second-order valence-electron chi connectivity index (χ2n) is 2.53. The fraction of sp³-hybridized carbons (Fsp3) is 0.222. The van der Waals surface area contributed by atoms with Gasteiger partial charge in [-0.1, -0.05) is 35.3 Å². The zero-order valence-electron chi connectivity index (χ0n) is 6.89. The highest BCUT2D eigenvalue weighted by atomic mass is 35.5. The molecule has 0 spiro atoms. The van der Waals surface area contributed by atoms with E-state index in [1.54, 1.807) is 6.07 Å². The smallest absolute Gasteiger partial charge is 0.207 e. The lowest BCUT2D eigenvalue weighted by molar-refractivity contribution is -0.109. The fourth-order valence-electron chi connectivity index (χ4n) is 1.01. The summed E-state index contributed by atoms with van der Waals surface area (Å²) in [5.74, 6) is 0. The summed E-state index contributed by atoms with van der Waals surface area (Å²) >= 11 is 11.7. The van der Waals surface area contributed by atoms with Crippen LogP contribution in [0.15, 0.2) is 18.2 Å². The number of nitrogens with one attached hydrogen (secondary N) is 1. The summed E-state index contributed by atoms with van der Waals surface area (Å²) in [4.78, 5) is 9.98. The molecular weight excluding hydrogens is 209 g/mol. The van der Waals surface area contributed by atoms with E-state index in [1.807, 2.05) is 12.1 Å². The van der Waals surface area contributed by atoms with E-state index in [0.29, 0.717) is 29.4 Å². The highest BCUT2D eigenvalue weighted by Gasteiger charge is 2.02. The van der Waals surface area contributed by atoms with Crippen molar-refractivity contribution < 1.29 is 4.79 Å². The fourth-order valence-corrected chi connectivity index (χ4v) is 1.42. The predicted octanol–water partition coefficient (Wildman–Crippen LogP) is 2.28. The summed E-state index contributed by atoms with van der Waals surface area (Å²) in [5, 5.41) is 3.67. The van der Waals surface area contributed by atoms with Crippen LogP contribution in [0.5, 0.6) is 0 Å². The first-order valence-electron chi connectivity index (χ1n) is 3.85. The van der Waals surface area contributed by atoms with Crippen LogP contribution in [-0.4, -0.2) is 13.0 Å². The van der Waals surface area contributed by atoms with Crippen LogP contribution in [0.4, 0.5) is 0 Å². The predicted molar refractivity (Wildman–Crippen MR) is 54.2 cm³/mol. The van der Waals surface area contributed by atoms with Crippen LogP contribution in [0.25, 0.3) is 0 Å². The first-order chi connectivity index (χ1) is 6.25. The molecule has 0 fully saturated rings. The van der Waals surface area contributed by atoms with Crippen LogP contribution in [-0.2, 0) is 11.2 Å². The first-order valence-corrected chi connectivity index (χ1v) is 4.61. The molecule has 0 aromatic heterocycles. The minimum Gasteiger partial charge on any atom is -0.358 e. The highest BCUT2D eigenvalue weighted by Crippen LogP contribution is 2.25. The molecular formula is C9H9Cl2NO. The van der Waals surface area contributed by atoms with Crippen molar-refractivity contribution in [3.8, 4) is 0 Å². The van der Waals surface area contributed by atoms with E-state index >= 15 is 0 Å². The van der Waals surface area contributed by atoms with E-state index in [-0.39, 0.29) is 0 Å². The lowest BCUT2D eigenvalue weighted by atomic mass is 10.1. The summed E-state index contributed by atoms with van der Waals surface area (Å²) in [7, 11) is 0. The Kier molecular flexibility index (Phi) is 4.06. The lowest BCUT2D eigenvalue weighted by Gasteiger charge is -2.04. The molecule has 0 radical (unpaired) electrons. The number of halogens is 2. The average Bonchev–Trinajstić information content (AvgIpc) is 2.13. The Balaban J connectivity index is 2.65. The summed E-state index contributed by atoms with van der Waals surface area (Å²) in [5.41, 5.74) is 0.948. The zero-order chi connectivity index (χ0) is 9.68. The number of rotatable bonds is 4. The molecule has 0 aliphatic carbocycles. The van der Waals surface area contributed by atoms with Crippen LogP contribution in [0.3, 0.4) is 0 Å². The molecule has 0 aliphatic rings. The minimum atomic E-state index is 0.547. The average molecular weight is 218 g/mol. The Hall–Kier alpha value is -0.730. The Morgan fingerprint density at radius 1 is 1.38 bits per heavy atom. The van der Waals surface area contributed by atoms with Gasteiger partial charge in [0, 0.05) is 6.54 Å². The molecule has 70 valence electrons. The molecule has 0 saturated heterocycles. The molecule has 0 heterocycles. The molecule has 1 aromatic carbocycles. The molecule has 1 amide bonds. The second kappa shape index (κ2) is 5.10. The van der Waals surface area contributed by atoms with Gasteiger partial charge in [-0.2, -0.15) is 0 Å². The van der Waals surface area contributed by atoms with E-state index in [9.17, 15) is 4.79 Å². The maximum Gasteiger partial charge on any atom is 0.207 e. The molecule has 13 heavy (non-hydrogen) atoms. The molecule has 1 rings (SSSR count). The Morgan fingerprint density at radius 3 is 2.85 bits per heavy atom. The van der Waals surface area contributed by atoms with Crippen molar-refractivity contribution in [2.75, 3.05) is 6.54 Å². The molecule has 0 bridgehead atoms. The van der Waals surface area contributed by atoms with Gasteiger partial charge in [-0.25, -0.2) is 0 Å². The van der Waals surface area contributed by atoms with Gasteiger partial charge in [0.05, 0.1) is 10.0 Å². The van der Waals surface area contributed by atoms with Crippen LogP contribution >= 0.6 is 23.2 Å². The van der Waals surface area contributed by atoms with E-state index in [2.05, 4.69) is 5.32 Å². The molecule has 0 saturated carbocycles. The first kappa shape index (κ1) is 10.4. The SMILES string of the molecule is O=CNCCc1cccc(Cl)c1Cl. The quantitative estimate of drug-likeness (QED) is 0.609. The lowest BCUT2D eigenvalue weighted by Crippen LogP contribution is -2.14. The van der Waals surface area contributed by atoms with Gasteiger partial charge in [-0.15, -0.1) is 0 Å². The van der Waals surface area contributed by atoms with Crippen LogP contribution in [0, 0.1) is 0 Å². The molecule has 4 heteroatoms. The summed E-state index contributed by atoms with van der Waals surface area (Å²) in [6.07, 6.45) is 1.36. The van der Waals surface area contributed by atoms with Crippen molar-refractivity contribution in [3.63, 3.8) is 0 Å². The normalized spacial score (nSPS) is 9.69. The van der Waals surface area contributed by atoms with Crippen LogP contribution < -0.4 is 5.32 Å². The largest absolute Gasteiger partial charge is 0.358 e. The third-order valence-corrected chi connectivity index (χ3v) is 2.51. The monoisotopic (exact) mass is 217 g/mol. The number of carbonyl (C=O) groups is 1. The van der Waals surface area contributed by atoms with E-state index in [0.717, 1.165) is 5.56 Å². The summed E-state index contributed by atoms with van der Waals surface area (Å²) < 4.78 is 0. The molecule has 0 aliphatic heterocycles. The molecule has 2 nitrogen and oxygen atoms in total. The van der Waals surface area contributed by atoms with Gasteiger partial charge in [-0.05, 0) is 18.1 Å². The van der Waals surface area contributed by atoms with Gasteiger partial charge < -0.3 is 5.32 Å². The minimum absolute atomic E-state index is 0.547. The van der Waals surface area contributed by atoms with Gasteiger partial charge >= 0.3 is 0 Å². The molecule has 0 unspecified atom stereocenters. The third-order valence-electron chi connectivity index (χ3n) is 1.65. The van der Waals surface area contributed by atoms with Crippen molar-refractivity contribution in [3.05, 3.63) is 33.8 Å². The van der Waals surface area contributed by atoms with Gasteiger partial charge in [0.2, 0.25) is 6.41 Å². The Morgan fingerprint density at radius 2 is 2.15 bits per heavy atom. The number of hydrogen-bond acceptors (Lipinski definition) is 1. The number of hydrogen-bond donors (Lipinski definition) is 1. The van der Waals surface area contributed by atoms with E-state index in [4.69, 9.17) is 23.2 Å². The highest BCUT2D eigenvalue weighted by molar-refractivity contribution is 6.42. The summed E-state index contributed by atoms with van der Waals surface area (Å²) in [6, 6.07) is 5.46. The maximum atomic E-state index is 9.98. The van der Waals surface area contributed by atoms with Crippen molar-refractivity contribution in [1.29, 1.82) is 0 Å². The van der Waals surface area contributed by atoms with Crippen molar-refractivity contribution in [1.82, 2.24) is 5.32 Å². The van der Waals surface area contributed by atoms with Crippen LogP contribution in [0.2, 0.25) is 10.0 Å². The van der Waals surface area contributed by atoms with Gasteiger partial charge in [0.25, 0.3) is 0 Å². The van der Waals surface area contributed by atoms with Gasteiger partial charge in [0.1, 0.15) is 0 Å². The Labute approximate surface area is 86.8 Å². The molecule has 1 N–H and O–H groups in total. The van der Waals surface area contributed by atoms with Gasteiger partial charge in [-0.3, -0.25) is 4.79 Å². The van der Waals surface area contributed by atoms with Gasteiger partial charge in [0.15, 0.2) is 0 Å². The molecule has 0 atom stereocenters. The number of benzene rings is 1. The van der Waals surface area contributed by atoms with E-state index in [1.165, 1.54) is 0 Å². The van der Waals surface area contributed by atoms with Crippen molar-refractivity contribution in [2.24, 2.45) is 0 Å². The standard InChI is InChI=1S/C9H9Cl2NO/c10-8-3-1-2-7(9(8)11)4-5-12-6-13/h1-3,6H,4-5H2,(H,12,13).